The summed E-state index contributed by atoms with van der Waals surface area (Å²) in [5, 5.41) is 6.14. The van der Waals surface area contributed by atoms with Crippen LogP contribution in [0.3, 0.4) is 0 Å². The zero-order chi connectivity index (χ0) is 27.5. The van der Waals surface area contributed by atoms with Crippen LogP contribution in [-0.4, -0.2) is 53.5 Å². The lowest BCUT2D eigenvalue weighted by Gasteiger charge is -2.34. The number of rotatable bonds is 4. The first-order valence-corrected chi connectivity index (χ1v) is 12.5. The molecular formula is C26H25F3N8O2. The van der Waals surface area contributed by atoms with Crippen molar-refractivity contribution in [1.82, 2.24) is 29.0 Å². The number of benzene rings is 1. The summed E-state index contributed by atoms with van der Waals surface area (Å²) in [6.07, 6.45) is 2.14. The smallest absolute Gasteiger partial charge is 0.382 e. The van der Waals surface area contributed by atoms with Crippen molar-refractivity contribution in [2.45, 2.75) is 43.8 Å². The number of aryl methyl sites for hydroxylation is 1. The van der Waals surface area contributed by atoms with Gasteiger partial charge in [0.25, 0.3) is 5.91 Å². The summed E-state index contributed by atoms with van der Waals surface area (Å²) in [5.74, 6) is 0.516. The monoisotopic (exact) mass is 538 g/mol. The fraction of sp³-hybridized carbons (Fsp3) is 0.346. The van der Waals surface area contributed by atoms with Gasteiger partial charge in [0.1, 0.15) is 28.5 Å². The zero-order valence-corrected chi connectivity index (χ0v) is 20.9. The Bertz CT molecular complexity index is 1590. The molecule has 0 unspecified atom stereocenters. The summed E-state index contributed by atoms with van der Waals surface area (Å²) < 4.78 is 41.7. The highest BCUT2D eigenvalue weighted by Gasteiger charge is 2.38. The molecule has 2 atom stereocenters. The van der Waals surface area contributed by atoms with E-state index in [1.165, 1.54) is 0 Å². The number of imidazole rings is 1. The van der Waals surface area contributed by atoms with Crippen LogP contribution in [0.25, 0.3) is 16.8 Å². The van der Waals surface area contributed by atoms with Gasteiger partial charge in [-0.3, -0.25) is 18.7 Å². The van der Waals surface area contributed by atoms with Crippen molar-refractivity contribution in [3.8, 4) is 11.3 Å². The molecule has 0 saturated carbocycles. The van der Waals surface area contributed by atoms with Crippen LogP contribution in [0.4, 0.5) is 24.8 Å². The molecule has 5 heterocycles. The number of nitrogens with zero attached hydrogens (tertiary/aromatic N) is 6. The molecule has 2 saturated heterocycles. The molecule has 10 nitrogen and oxygen atoms in total. The van der Waals surface area contributed by atoms with Gasteiger partial charge in [0.2, 0.25) is 5.91 Å². The quantitative estimate of drug-likeness (QED) is 0.407. The van der Waals surface area contributed by atoms with Gasteiger partial charge in [-0.1, -0.05) is 12.1 Å². The molecular weight excluding hydrogens is 513 g/mol. The van der Waals surface area contributed by atoms with E-state index in [0.29, 0.717) is 46.3 Å². The van der Waals surface area contributed by atoms with E-state index >= 15 is 0 Å². The molecule has 3 aromatic heterocycles. The molecule has 4 aromatic rings. The van der Waals surface area contributed by atoms with Crippen molar-refractivity contribution in [2.24, 2.45) is 7.05 Å². The average molecular weight is 539 g/mol. The summed E-state index contributed by atoms with van der Waals surface area (Å²) in [6, 6.07) is 7.61. The molecule has 1 aromatic carbocycles. The molecule has 2 fully saturated rings. The molecule has 0 spiro atoms. The SMILES string of the molecule is Cn1nc(NC(=O)c2ccc(-c3nc([C@@H]4CC[C@H]5CCC(=O)N5C4)n4ccnc(N)c34)cc2)cc1C(F)(F)F. The van der Waals surface area contributed by atoms with Crippen LogP contribution in [0.5, 0.6) is 0 Å². The van der Waals surface area contributed by atoms with Crippen LogP contribution in [0, 0.1) is 0 Å². The van der Waals surface area contributed by atoms with E-state index in [2.05, 4.69) is 15.4 Å². The maximum atomic E-state index is 13.1. The van der Waals surface area contributed by atoms with Gasteiger partial charge >= 0.3 is 6.18 Å². The van der Waals surface area contributed by atoms with Gasteiger partial charge in [-0.15, -0.1) is 0 Å². The predicted molar refractivity (Wildman–Crippen MR) is 136 cm³/mol. The maximum absolute atomic E-state index is 13.1. The molecule has 0 bridgehead atoms. The van der Waals surface area contributed by atoms with Crippen molar-refractivity contribution >= 4 is 29.0 Å². The summed E-state index contributed by atoms with van der Waals surface area (Å²) in [7, 11) is 1.16. The number of alkyl halides is 3. The van der Waals surface area contributed by atoms with E-state index in [9.17, 15) is 22.8 Å². The van der Waals surface area contributed by atoms with Gasteiger partial charge in [0, 0.05) is 61.6 Å². The molecule has 2 amide bonds. The lowest BCUT2D eigenvalue weighted by molar-refractivity contribution is -0.143. The molecule has 2 aliphatic rings. The van der Waals surface area contributed by atoms with Gasteiger partial charge in [-0.05, 0) is 31.4 Å². The van der Waals surface area contributed by atoms with Crippen molar-refractivity contribution in [3.05, 3.63) is 59.8 Å². The Balaban J connectivity index is 1.28. The number of piperidine rings is 1. The fourth-order valence-electron chi connectivity index (χ4n) is 5.62. The number of aromatic nitrogens is 5. The Morgan fingerprint density at radius 3 is 2.64 bits per heavy atom. The predicted octanol–water partition coefficient (Wildman–Crippen LogP) is 3.85. The fourth-order valence-corrected chi connectivity index (χ4v) is 5.62. The van der Waals surface area contributed by atoms with Crippen LogP contribution in [0.15, 0.2) is 42.7 Å². The number of nitrogen functional groups attached to an aromatic ring is 1. The average Bonchev–Trinajstić information content (AvgIpc) is 3.59. The number of fused-ring (bicyclic) bond motifs is 2. The number of amides is 2. The molecule has 0 aliphatic carbocycles. The highest BCUT2D eigenvalue weighted by molar-refractivity contribution is 6.04. The van der Waals surface area contributed by atoms with Crippen LogP contribution < -0.4 is 11.1 Å². The van der Waals surface area contributed by atoms with Crippen LogP contribution in [0.2, 0.25) is 0 Å². The molecule has 6 rings (SSSR count). The summed E-state index contributed by atoms with van der Waals surface area (Å²) >= 11 is 0. The minimum Gasteiger partial charge on any atom is -0.382 e. The van der Waals surface area contributed by atoms with E-state index in [1.54, 1.807) is 36.7 Å². The number of anilines is 2. The first-order chi connectivity index (χ1) is 18.6. The Hall–Kier alpha value is -4.42. The summed E-state index contributed by atoms with van der Waals surface area (Å²) in [4.78, 5) is 36.2. The number of hydrogen-bond donors (Lipinski definition) is 2. The molecule has 39 heavy (non-hydrogen) atoms. The van der Waals surface area contributed by atoms with Crippen molar-refractivity contribution in [3.63, 3.8) is 0 Å². The Kier molecular flexibility index (Phi) is 5.81. The van der Waals surface area contributed by atoms with Crippen LogP contribution in [0.1, 0.15) is 53.5 Å². The second-order valence-corrected chi connectivity index (χ2v) is 9.93. The van der Waals surface area contributed by atoms with Crippen LogP contribution >= 0.6 is 0 Å². The van der Waals surface area contributed by atoms with Gasteiger partial charge in [-0.25, -0.2) is 9.97 Å². The lowest BCUT2D eigenvalue weighted by atomic mass is 9.92. The third kappa shape index (κ3) is 4.37. The van der Waals surface area contributed by atoms with Gasteiger partial charge in [0.05, 0.1) is 0 Å². The minimum atomic E-state index is -4.58. The van der Waals surface area contributed by atoms with E-state index in [0.717, 1.165) is 38.2 Å². The number of hydrogen-bond acceptors (Lipinski definition) is 6. The van der Waals surface area contributed by atoms with E-state index in [-0.39, 0.29) is 23.2 Å². The van der Waals surface area contributed by atoms with Gasteiger partial charge < -0.3 is 16.0 Å². The number of halogens is 3. The van der Waals surface area contributed by atoms with E-state index in [1.807, 2.05) is 9.30 Å². The number of nitrogens with one attached hydrogen (secondary N) is 1. The lowest BCUT2D eigenvalue weighted by Crippen LogP contribution is -2.41. The van der Waals surface area contributed by atoms with Crippen molar-refractivity contribution in [1.29, 1.82) is 0 Å². The maximum Gasteiger partial charge on any atom is 0.433 e. The summed E-state index contributed by atoms with van der Waals surface area (Å²) in [6.45, 7) is 0.604. The van der Waals surface area contributed by atoms with Crippen molar-refractivity contribution in [2.75, 3.05) is 17.6 Å². The normalized spacial score (nSPS) is 19.5. The number of carbonyl (C=O) groups is 2. The second-order valence-electron chi connectivity index (χ2n) is 9.93. The largest absolute Gasteiger partial charge is 0.433 e. The number of carbonyl (C=O) groups excluding carboxylic acids is 2. The molecule has 0 radical (unpaired) electrons. The van der Waals surface area contributed by atoms with Gasteiger partial charge in [0.15, 0.2) is 5.82 Å². The zero-order valence-electron chi connectivity index (χ0n) is 20.9. The van der Waals surface area contributed by atoms with Gasteiger partial charge in [-0.2, -0.15) is 18.3 Å². The number of nitrogens with two attached hydrogens (primary N) is 1. The third-order valence-corrected chi connectivity index (χ3v) is 7.53. The Labute approximate surface area is 220 Å². The molecule has 13 heteroatoms. The van der Waals surface area contributed by atoms with E-state index < -0.39 is 17.8 Å². The Morgan fingerprint density at radius 1 is 1.15 bits per heavy atom. The topological polar surface area (TPSA) is 123 Å². The highest BCUT2D eigenvalue weighted by atomic mass is 19.4. The standard InChI is InChI=1S/C26H25F3N8O2/c1-35-18(26(27,28)29)12-19(34-35)32-25(39)15-4-2-14(3-5-15)21-22-23(30)31-10-11-36(22)24(33-21)16-6-7-17-8-9-20(38)37(17)13-16/h2-5,10-12,16-17H,6-9,13H2,1H3,(H2,30,31)(H,32,34,39)/t16-,17+/m1/s1. The van der Waals surface area contributed by atoms with Crippen molar-refractivity contribution < 1.29 is 22.8 Å². The van der Waals surface area contributed by atoms with Crippen LogP contribution in [-0.2, 0) is 18.0 Å². The third-order valence-electron chi connectivity index (χ3n) is 7.53. The Morgan fingerprint density at radius 2 is 1.92 bits per heavy atom. The second kappa shape index (κ2) is 9.10. The molecule has 2 aliphatic heterocycles. The molecule has 202 valence electrons. The highest BCUT2D eigenvalue weighted by Crippen LogP contribution is 2.38. The van der Waals surface area contributed by atoms with E-state index in [4.69, 9.17) is 10.7 Å². The molecule has 3 N–H and O–H groups in total. The summed E-state index contributed by atoms with van der Waals surface area (Å²) in [5.41, 5.74) is 7.45. The minimum absolute atomic E-state index is 0.0383. The first kappa shape index (κ1) is 24.9. The first-order valence-electron chi connectivity index (χ1n) is 12.5.